The number of hydrogen-bond acceptors (Lipinski definition) is 4. The molecular weight excluding hydrogens is 276 g/mol. The quantitative estimate of drug-likeness (QED) is 0.678. The van der Waals surface area contributed by atoms with E-state index in [0.717, 1.165) is 18.4 Å². The molecule has 3 N–H and O–H groups in total. The molecule has 5 nitrogen and oxygen atoms in total. The fourth-order valence-electron chi connectivity index (χ4n) is 1.93. The molecule has 0 spiro atoms. The highest BCUT2D eigenvalue weighted by atomic mass is 32.2. The first-order valence-electron chi connectivity index (χ1n) is 6.85. The Hall–Kier alpha value is -0.950. The van der Waals surface area contributed by atoms with Crippen molar-refractivity contribution in [1.29, 1.82) is 0 Å². The molecule has 0 radical (unpaired) electrons. The van der Waals surface area contributed by atoms with Crippen LogP contribution in [0.5, 0.6) is 0 Å². The molecule has 6 heteroatoms. The Morgan fingerprint density at radius 2 is 2.05 bits per heavy atom. The highest BCUT2D eigenvalue weighted by molar-refractivity contribution is 7.89. The highest BCUT2D eigenvalue weighted by Gasteiger charge is 2.14. The van der Waals surface area contributed by atoms with Crippen LogP contribution in [0.3, 0.4) is 0 Å². The summed E-state index contributed by atoms with van der Waals surface area (Å²) in [5, 5.41) is 12.9. The van der Waals surface area contributed by atoms with Crippen LogP contribution in [0.4, 0.5) is 0 Å². The second kappa shape index (κ2) is 7.73. The zero-order valence-electron chi connectivity index (χ0n) is 12.3. The van der Waals surface area contributed by atoms with E-state index in [2.05, 4.69) is 10.0 Å². The largest absolute Gasteiger partial charge is 0.392 e. The van der Waals surface area contributed by atoms with Crippen molar-refractivity contribution in [3.63, 3.8) is 0 Å². The Balaban J connectivity index is 2.74. The Morgan fingerprint density at radius 3 is 2.65 bits per heavy atom. The fraction of sp³-hybridized carbons (Fsp3) is 0.571. The van der Waals surface area contributed by atoms with E-state index in [1.165, 1.54) is 7.05 Å². The molecule has 0 amide bonds. The minimum Gasteiger partial charge on any atom is -0.392 e. The first-order chi connectivity index (χ1) is 9.40. The van der Waals surface area contributed by atoms with Crippen molar-refractivity contribution in [2.75, 3.05) is 13.6 Å². The zero-order chi connectivity index (χ0) is 15.2. The molecule has 2 atom stereocenters. The van der Waals surface area contributed by atoms with Crippen LogP contribution >= 0.6 is 0 Å². The fourth-order valence-corrected chi connectivity index (χ4v) is 2.72. The second-order valence-electron chi connectivity index (χ2n) is 4.85. The predicted molar refractivity (Wildman–Crippen MR) is 80.0 cm³/mol. The second-order valence-corrected chi connectivity index (χ2v) is 6.74. The molecule has 0 aliphatic carbocycles. The molecule has 0 fully saturated rings. The van der Waals surface area contributed by atoms with Crippen LogP contribution in [0.25, 0.3) is 0 Å². The molecule has 0 saturated heterocycles. The summed E-state index contributed by atoms with van der Waals surface area (Å²) in [5.41, 5.74) is 0.880. The summed E-state index contributed by atoms with van der Waals surface area (Å²) in [4.78, 5) is 0.250. The van der Waals surface area contributed by atoms with Gasteiger partial charge in [0.1, 0.15) is 0 Å². The van der Waals surface area contributed by atoms with Gasteiger partial charge in [-0.25, -0.2) is 13.1 Å². The molecule has 1 aromatic carbocycles. The van der Waals surface area contributed by atoms with Crippen LogP contribution in [0.2, 0.25) is 0 Å². The van der Waals surface area contributed by atoms with Gasteiger partial charge in [0.15, 0.2) is 0 Å². The molecule has 1 rings (SSSR count). The van der Waals surface area contributed by atoms with E-state index in [4.69, 9.17) is 0 Å². The maximum absolute atomic E-state index is 11.8. The van der Waals surface area contributed by atoms with E-state index in [-0.39, 0.29) is 17.0 Å². The summed E-state index contributed by atoms with van der Waals surface area (Å²) in [6.07, 6.45) is 1.33. The molecule has 0 heterocycles. The van der Waals surface area contributed by atoms with Crippen LogP contribution in [0.15, 0.2) is 29.2 Å². The summed E-state index contributed by atoms with van der Waals surface area (Å²) in [5.74, 6) is 0. The van der Waals surface area contributed by atoms with Gasteiger partial charge >= 0.3 is 0 Å². The standard InChI is InChI=1S/C14H24N2O3S/c1-4-6-13(17)10-16-11(2)12-7-5-8-14(9-12)20(18,19)15-3/h5,7-9,11,13,15-17H,4,6,10H2,1-3H3. The molecule has 0 aliphatic heterocycles. The normalized spacial score (nSPS) is 15.0. The van der Waals surface area contributed by atoms with Crippen LogP contribution in [0, 0.1) is 0 Å². The number of benzene rings is 1. The van der Waals surface area contributed by atoms with Gasteiger partial charge in [-0.15, -0.1) is 0 Å². The molecule has 0 bridgehead atoms. The van der Waals surface area contributed by atoms with Crippen LogP contribution in [-0.2, 0) is 10.0 Å². The molecule has 0 aliphatic rings. The zero-order valence-corrected chi connectivity index (χ0v) is 13.1. The Morgan fingerprint density at radius 1 is 1.35 bits per heavy atom. The Labute approximate surface area is 121 Å². The first kappa shape index (κ1) is 17.1. The van der Waals surface area contributed by atoms with Gasteiger partial charge in [0, 0.05) is 12.6 Å². The van der Waals surface area contributed by atoms with Crippen molar-refractivity contribution in [2.45, 2.75) is 43.7 Å². The predicted octanol–water partition coefficient (Wildman–Crippen LogP) is 1.41. The van der Waals surface area contributed by atoms with E-state index >= 15 is 0 Å². The van der Waals surface area contributed by atoms with E-state index in [1.54, 1.807) is 18.2 Å². The summed E-state index contributed by atoms with van der Waals surface area (Å²) in [7, 11) is -2.03. The van der Waals surface area contributed by atoms with Gasteiger partial charge in [0.2, 0.25) is 10.0 Å². The van der Waals surface area contributed by atoms with Gasteiger partial charge in [-0.05, 0) is 38.1 Å². The lowest BCUT2D eigenvalue weighted by molar-refractivity contribution is 0.157. The SMILES string of the molecule is CCCC(O)CNC(C)c1cccc(S(=O)(=O)NC)c1. The average Bonchev–Trinajstić information content (AvgIpc) is 2.45. The highest BCUT2D eigenvalue weighted by Crippen LogP contribution is 2.17. The summed E-state index contributed by atoms with van der Waals surface area (Å²) in [6, 6.07) is 6.79. The van der Waals surface area contributed by atoms with E-state index in [1.807, 2.05) is 19.9 Å². The molecule has 20 heavy (non-hydrogen) atoms. The molecule has 114 valence electrons. The summed E-state index contributed by atoms with van der Waals surface area (Å²) >= 11 is 0. The van der Waals surface area contributed by atoms with E-state index in [9.17, 15) is 13.5 Å². The number of aliphatic hydroxyl groups is 1. The lowest BCUT2D eigenvalue weighted by atomic mass is 10.1. The minimum absolute atomic E-state index is 0.0199. The van der Waals surface area contributed by atoms with Crippen LogP contribution in [0.1, 0.15) is 38.3 Å². The number of rotatable bonds is 8. The average molecular weight is 300 g/mol. The number of sulfonamides is 1. The third kappa shape index (κ3) is 4.86. The number of hydrogen-bond donors (Lipinski definition) is 3. The maximum atomic E-state index is 11.8. The van der Waals surface area contributed by atoms with E-state index in [0.29, 0.717) is 6.54 Å². The molecule has 0 saturated carbocycles. The monoisotopic (exact) mass is 300 g/mol. The summed E-state index contributed by atoms with van der Waals surface area (Å²) in [6.45, 7) is 4.47. The lowest BCUT2D eigenvalue weighted by Crippen LogP contribution is -2.29. The number of aliphatic hydroxyl groups excluding tert-OH is 1. The van der Waals surface area contributed by atoms with Gasteiger partial charge in [-0.1, -0.05) is 25.5 Å². The first-order valence-corrected chi connectivity index (χ1v) is 8.34. The van der Waals surface area contributed by atoms with Crippen molar-refractivity contribution < 1.29 is 13.5 Å². The van der Waals surface area contributed by atoms with Crippen molar-refractivity contribution in [3.05, 3.63) is 29.8 Å². The van der Waals surface area contributed by atoms with Gasteiger partial charge < -0.3 is 10.4 Å². The van der Waals surface area contributed by atoms with Gasteiger partial charge in [-0.3, -0.25) is 0 Å². The van der Waals surface area contributed by atoms with Crippen molar-refractivity contribution in [1.82, 2.24) is 10.0 Å². The van der Waals surface area contributed by atoms with Gasteiger partial charge in [-0.2, -0.15) is 0 Å². The molecular formula is C14H24N2O3S. The Bertz CT molecular complexity index is 517. The van der Waals surface area contributed by atoms with Crippen molar-refractivity contribution in [2.24, 2.45) is 0 Å². The third-order valence-electron chi connectivity index (χ3n) is 3.22. The molecule has 0 aromatic heterocycles. The van der Waals surface area contributed by atoms with Crippen LogP contribution in [-0.4, -0.2) is 33.2 Å². The van der Waals surface area contributed by atoms with E-state index < -0.39 is 10.0 Å². The van der Waals surface area contributed by atoms with Crippen molar-refractivity contribution >= 4 is 10.0 Å². The van der Waals surface area contributed by atoms with Crippen LogP contribution < -0.4 is 10.0 Å². The molecule has 2 unspecified atom stereocenters. The molecule has 1 aromatic rings. The lowest BCUT2D eigenvalue weighted by Gasteiger charge is -2.17. The minimum atomic E-state index is -3.42. The van der Waals surface area contributed by atoms with Gasteiger partial charge in [0.05, 0.1) is 11.0 Å². The smallest absolute Gasteiger partial charge is 0.240 e. The summed E-state index contributed by atoms with van der Waals surface area (Å²) < 4.78 is 25.8. The Kier molecular flexibility index (Phi) is 6.61. The maximum Gasteiger partial charge on any atom is 0.240 e. The van der Waals surface area contributed by atoms with Gasteiger partial charge in [0.25, 0.3) is 0 Å². The third-order valence-corrected chi connectivity index (χ3v) is 4.63. The number of nitrogens with one attached hydrogen (secondary N) is 2. The van der Waals surface area contributed by atoms with Crippen molar-refractivity contribution in [3.8, 4) is 0 Å². The topological polar surface area (TPSA) is 78.4 Å².